The Hall–Kier alpha value is -1.27. The van der Waals surface area contributed by atoms with Gasteiger partial charge in [0, 0.05) is 6.04 Å². The van der Waals surface area contributed by atoms with Gasteiger partial charge in [0.25, 0.3) is 5.89 Å². The van der Waals surface area contributed by atoms with Crippen molar-refractivity contribution in [1.29, 1.82) is 0 Å². The van der Waals surface area contributed by atoms with Crippen LogP contribution in [0, 0.1) is 5.92 Å². The Bertz CT molecular complexity index is 335. The van der Waals surface area contributed by atoms with Crippen LogP contribution in [0.15, 0.2) is 4.52 Å². The summed E-state index contributed by atoms with van der Waals surface area (Å²) >= 11 is 0. The van der Waals surface area contributed by atoms with E-state index < -0.39 is 0 Å². The standard InChI is InChI=1S/C10H15N3O2.C2H6.CH5N/c1-2-7-3-8(4-7)11-5-9-12-10(6-14)15-13-9;2*1-2/h6-8,11H,2-5H2,1H3;1-2H3;2H2,1H3. The summed E-state index contributed by atoms with van der Waals surface area (Å²) in [6.45, 7) is 6.80. The van der Waals surface area contributed by atoms with Gasteiger partial charge in [-0.25, -0.2) is 0 Å². The molecule has 1 aliphatic carbocycles. The van der Waals surface area contributed by atoms with Gasteiger partial charge in [0.2, 0.25) is 6.29 Å². The lowest BCUT2D eigenvalue weighted by atomic mass is 9.79. The summed E-state index contributed by atoms with van der Waals surface area (Å²) in [4.78, 5) is 14.2. The highest BCUT2D eigenvalue weighted by atomic mass is 16.5. The lowest BCUT2D eigenvalue weighted by Crippen LogP contribution is -2.40. The Morgan fingerprint density at radius 2 is 2.05 bits per heavy atom. The number of carbonyl (C=O) groups excluding carboxylic acids is 1. The smallest absolute Gasteiger partial charge is 0.290 e. The maximum atomic E-state index is 10.3. The third-order valence-corrected chi connectivity index (χ3v) is 2.95. The van der Waals surface area contributed by atoms with Crippen LogP contribution in [-0.2, 0) is 6.54 Å². The highest BCUT2D eigenvalue weighted by molar-refractivity contribution is 5.66. The van der Waals surface area contributed by atoms with Gasteiger partial charge >= 0.3 is 0 Å². The number of aldehydes is 1. The van der Waals surface area contributed by atoms with Crippen molar-refractivity contribution in [1.82, 2.24) is 15.5 Å². The van der Waals surface area contributed by atoms with Gasteiger partial charge in [-0.15, -0.1) is 0 Å². The Kier molecular flexibility index (Phi) is 9.92. The Morgan fingerprint density at radius 1 is 1.42 bits per heavy atom. The molecule has 0 saturated heterocycles. The minimum atomic E-state index is 0.0480. The monoisotopic (exact) mass is 270 g/mol. The average molecular weight is 270 g/mol. The van der Waals surface area contributed by atoms with Crippen LogP contribution in [0.4, 0.5) is 0 Å². The number of nitrogens with two attached hydrogens (primary N) is 1. The summed E-state index contributed by atoms with van der Waals surface area (Å²) < 4.78 is 4.67. The predicted molar refractivity (Wildman–Crippen MR) is 74.8 cm³/mol. The predicted octanol–water partition coefficient (Wildman–Crippen LogP) is 1.76. The molecule has 2 rings (SSSR count). The summed E-state index contributed by atoms with van der Waals surface area (Å²) in [6.07, 6.45) is 4.28. The molecule has 0 spiro atoms. The van der Waals surface area contributed by atoms with Crippen LogP contribution in [0.1, 0.15) is 56.5 Å². The fourth-order valence-electron chi connectivity index (χ4n) is 1.86. The van der Waals surface area contributed by atoms with Crippen LogP contribution in [0.5, 0.6) is 0 Å². The fourth-order valence-corrected chi connectivity index (χ4v) is 1.86. The van der Waals surface area contributed by atoms with Gasteiger partial charge < -0.3 is 15.6 Å². The zero-order chi connectivity index (χ0) is 14.7. The molecule has 6 heteroatoms. The van der Waals surface area contributed by atoms with Crippen LogP contribution in [-0.4, -0.2) is 29.5 Å². The summed E-state index contributed by atoms with van der Waals surface area (Å²) in [7, 11) is 1.50. The van der Waals surface area contributed by atoms with Crippen molar-refractivity contribution in [2.45, 2.75) is 52.6 Å². The third-order valence-electron chi connectivity index (χ3n) is 2.95. The van der Waals surface area contributed by atoms with Gasteiger partial charge in [-0.05, 0) is 25.8 Å². The highest BCUT2D eigenvalue weighted by Crippen LogP contribution is 2.29. The van der Waals surface area contributed by atoms with Crippen molar-refractivity contribution >= 4 is 6.29 Å². The van der Waals surface area contributed by atoms with Gasteiger partial charge in [-0.1, -0.05) is 32.3 Å². The largest absolute Gasteiger partial charge is 0.333 e. The molecule has 0 amide bonds. The number of aromatic nitrogens is 2. The summed E-state index contributed by atoms with van der Waals surface area (Å²) in [6, 6.07) is 0.577. The molecule has 1 fully saturated rings. The molecule has 1 saturated carbocycles. The van der Waals surface area contributed by atoms with E-state index >= 15 is 0 Å². The minimum Gasteiger partial charge on any atom is -0.333 e. The number of nitrogens with one attached hydrogen (secondary N) is 1. The maximum Gasteiger partial charge on any atom is 0.290 e. The zero-order valence-corrected chi connectivity index (χ0v) is 12.3. The number of nitrogens with zero attached hydrogens (tertiary/aromatic N) is 2. The van der Waals surface area contributed by atoms with E-state index in [9.17, 15) is 4.79 Å². The molecule has 19 heavy (non-hydrogen) atoms. The van der Waals surface area contributed by atoms with Crippen LogP contribution < -0.4 is 11.1 Å². The molecular formula is C13H26N4O2. The first-order valence-corrected chi connectivity index (χ1v) is 6.90. The molecule has 1 aromatic heterocycles. The zero-order valence-electron chi connectivity index (χ0n) is 12.3. The molecule has 0 bridgehead atoms. The van der Waals surface area contributed by atoms with E-state index in [4.69, 9.17) is 0 Å². The van der Waals surface area contributed by atoms with Crippen LogP contribution in [0.2, 0.25) is 0 Å². The maximum absolute atomic E-state index is 10.3. The molecule has 3 N–H and O–H groups in total. The van der Waals surface area contributed by atoms with Crippen LogP contribution >= 0.6 is 0 Å². The molecule has 0 unspecified atom stereocenters. The second-order valence-electron chi connectivity index (χ2n) is 3.99. The molecular weight excluding hydrogens is 244 g/mol. The van der Waals surface area contributed by atoms with Gasteiger partial charge in [0.1, 0.15) is 0 Å². The van der Waals surface area contributed by atoms with Gasteiger partial charge in [-0.3, -0.25) is 4.79 Å². The van der Waals surface area contributed by atoms with Gasteiger partial charge in [0.15, 0.2) is 5.82 Å². The lowest BCUT2D eigenvalue weighted by molar-refractivity contribution is 0.108. The van der Waals surface area contributed by atoms with E-state index in [1.54, 1.807) is 0 Å². The Balaban J connectivity index is 0.000000741. The van der Waals surface area contributed by atoms with Crippen molar-refractivity contribution in [3.8, 4) is 0 Å². The Labute approximate surface area is 115 Å². The molecule has 110 valence electrons. The SMILES string of the molecule is CC.CCC1CC(NCc2noc(C=O)n2)C1.CN. The van der Waals surface area contributed by atoms with E-state index in [-0.39, 0.29) is 5.89 Å². The number of rotatable bonds is 5. The number of hydrogen-bond donors (Lipinski definition) is 2. The van der Waals surface area contributed by atoms with E-state index in [2.05, 4.69) is 32.6 Å². The molecule has 6 nitrogen and oxygen atoms in total. The minimum absolute atomic E-state index is 0.0480. The molecule has 0 aromatic carbocycles. The van der Waals surface area contributed by atoms with Crippen molar-refractivity contribution in [3.05, 3.63) is 11.7 Å². The second-order valence-corrected chi connectivity index (χ2v) is 3.99. The molecule has 1 aliphatic rings. The number of hydrogen-bond acceptors (Lipinski definition) is 6. The van der Waals surface area contributed by atoms with Gasteiger partial charge in [-0.2, -0.15) is 4.98 Å². The first kappa shape index (κ1) is 17.7. The summed E-state index contributed by atoms with van der Waals surface area (Å²) in [5, 5.41) is 7.01. The molecule has 1 heterocycles. The topological polar surface area (TPSA) is 94.0 Å². The fraction of sp³-hybridized carbons (Fsp3) is 0.769. The van der Waals surface area contributed by atoms with Gasteiger partial charge in [0.05, 0.1) is 6.54 Å². The van der Waals surface area contributed by atoms with E-state index in [0.717, 1.165) is 5.92 Å². The second kappa shape index (κ2) is 10.6. The lowest BCUT2D eigenvalue weighted by Gasteiger charge is -2.35. The van der Waals surface area contributed by atoms with Crippen molar-refractivity contribution in [2.24, 2.45) is 11.7 Å². The number of carbonyl (C=O) groups is 1. The van der Waals surface area contributed by atoms with Crippen molar-refractivity contribution in [2.75, 3.05) is 7.05 Å². The average Bonchev–Trinajstić information content (AvgIpc) is 2.90. The first-order valence-electron chi connectivity index (χ1n) is 6.90. The molecule has 1 aromatic rings. The highest BCUT2D eigenvalue weighted by Gasteiger charge is 2.27. The van der Waals surface area contributed by atoms with E-state index in [0.29, 0.717) is 24.7 Å². The quantitative estimate of drug-likeness (QED) is 0.792. The molecule has 0 atom stereocenters. The van der Waals surface area contributed by atoms with Crippen molar-refractivity contribution in [3.63, 3.8) is 0 Å². The van der Waals surface area contributed by atoms with Crippen LogP contribution in [0.25, 0.3) is 0 Å². The Morgan fingerprint density at radius 3 is 2.53 bits per heavy atom. The summed E-state index contributed by atoms with van der Waals surface area (Å²) in [5.41, 5.74) is 4.50. The van der Waals surface area contributed by atoms with E-state index in [1.807, 2.05) is 13.8 Å². The third kappa shape index (κ3) is 5.94. The van der Waals surface area contributed by atoms with Crippen molar-refractivity contribution < 1.29 is 9.32 Å². The van der Waals surface area contributed by atoms with Crippen LogP contribution in [0.3, 0.4) is 0 Å². The van der Waals surface area contributed by atoms with E-state index in [1.165, 1.54) is 26.3 Å². The summed E-state index contributed by atoms with van der Waals surface area (Å²) in [5.74, 6) is 1.47. The normalized spacial score (nSPS) is 20.3. The molecule has 0 aliphatic heterocycles. The first-order chi connectivity index (χ1) is 9.31. The molecule has 0 radical (unpaired) electrons.